The van der Waals surface area contributed by atoms with Crippen molar-refractivity contribution >= 4 is 5.84 Å². The highest BCUT2D eigenvalue weighted by molar-refractivity contribution is 5.85. The molecule has 2 heteroatoms. The van der Waals surface area contributed by atoms with Crippen LogP contribution in [-0.4, -0.2) is 11.9 Å². The molecule has 0 bridgehead atoms. The first-order valence-corrected chi connectivity index (χ1v) is 4.43. The van der Waals surface area contributed by atoms with E-state index >= 15 is 0 Å². The molecule has 2 N–H and O–H groups in total. The third kappa shape index (κ3) is 1.39. The number of nitrogens with two attached hydrogens (primary N) is 1. The summed E-state index contributed by atoms with van der Waals surface area (Å²) in [5.74, 6) is 1.56. The number of amidine groups is 1. The van der Waals surface area contributed by atoms with E-state index in [1.54, 1.807) is 0 Å². The van der Waals surface area contributed by atoms with E-state index in [-0.39, 0.29) is 0 Å². The van der Waals surface area contributed by atoms with Crippen molar-refractivity contribution in [2.75, 3.05) is 0 Å². The van der Waals surface area contributed by atoms with Gasteiger partial charge in [0.15, 0.2) is 0 Å². The van der Waals surface area contributed by atoms with Gasteiger partial charge >= 0.3 is 0 Å². The molecule has 62 valence electrons. The molecule has 0 spiro atoms. The maximum absolute atomic E-state index is 5.79. The molecule has 0 aromatic carbocycles. The van der Waals surface area contributed by atoms with Crippen LogP contribution < -0.4 is 5.73 Å². The van der Waals surface area contributed by atoms with Gasteiger partial charge in [-0.2, -0.15) is 0 Å². The molecule has 1 atom stereocenters. The smallest absolute Gasteiger partial charge is 0.0972 e. The predicted octanol–water partition coefficient (Wildman–Crippen LogP) is 1.55. The van der Waals surface area contributed by atoms with Crippen molar-refractivity contribution in [1.29, 1.82) is 0 Å². The highest BCUT2D eigenvalue weighted by Crippen LogP contribution is 2.47. The zero-order valence-electron chi connectivity index (χ0n) is 7.30. The molecule has 0 radical (unpaired) electrons. The summed E-state index contributed by atoms with van der Waals surface area (Å²) in [6.07, 6.45) is 3.76. The molecule has 0 amide bonds. The van der Waals surface area contributed by atoms with Gasteiger partial charge < -0.3 is 5.73 Å². The van der Waals surface area contributed by atoms with Crippen LogP contribution in [0.25, 0.3) is 0 Å². The minimum absolute atomic E-state index is 0.444. The molecule has 0 aliphatic heterocycles. The fourth-order valence-electron chi connectivity index (χ4n) is 1.32. The minimum atomic E-state index is 0.444. The van der Waals surface area contributed by atoms with Gasteiger partial charge in [-0.15, -0.1) is 0 Å². The van der Waals surface area contributed by atoms with E-state index in [4.69, 9.17) is 5.73 Å². The third-order valence-corrected chi connectivity index (χ3v) is 2.76. The number of nitrogens with zero attached hydrogens (tertiary/aromatic N) is 1. The zero-order valence-corrected chi connectivity index (χ0v) is 7.30. The predicted molar refractivity (Wildman–Crippen MR) is 46.5 cm³/mol. The largest absolute Gasteiger partial charge is 0.387 e. The first-order valence-electron chi connectivity index (χ1n) is 4.43. The van der Waals surface area contributed by atoms with Crippen molar-refractivity contribution in [1.82, 2.24) is 0 Å². The second kappa shape index (κ2) is 1.99. The summed E-state index contributed by atoms with van der Waals surface area (Å²) in [6.45, 7) is 4.50. The van der Waals surface area contributed by atoms with Crippen LogP contribution in [0.5, 0.6) is 0 Å². The average Bonchev–Trinajstić information content (AvgIpc) is 2.69. The van der Waals surface area contributed by atoms with Crippen LogP contribution in [0.3, 0.4) is 0 Å². The molecule has 0 aromatic heterocycles. The first-order chi connectivity index (χ1) is 5.09. The summed E-state index contributed by atoms with van der Waals surface area (Å²) in [4.78, 5) is 4.50. The maximum atomic E-state index is 5.79. The van der Waals surface area contributed by atoms with Gasteiger partial charge in [-0.25, -0.2) is 0 Å². The molecule has 2 nitrogen and oxygen atoms in total. The van der Waals surface area contributed by atoms with Crippen molar-refractivity contribution in [3.63, 3.8) is 0 Å². The van der Waals surface area contributed by atoms with E-state index in [1.165, 1.54) is 19.3 Å². The molecule has 2 saturated carbocycles. The van der Waals surface area contributed by atoms with Crippen LogP contribution in [0, 0.1) is 11.3 Å². The lowest BCUT2D eigenvalue weighted by Crippen LogP contribution is -2.15. The van der Waals surface area contributed by atoms with E-state index in [0.29, 0.717) is 17.4 Å². The van der Waals surface area contributed by atoms with E-state index in [1.807, 2.05) is 0 Å². The Morgan fingerprint density at radius 1 is 1.45 bits per heavy atom. The second-order valence-corrected chi connectivity index (χ2v) is 4.54. The molecule has 0 heterocycles. The van der Waals surface area contributed by atoms with Gasteiger partial charge in [-0.3, -0.25) is 4.99 Å². The topological polar surface area (TPSA) is 38.4 Å². The standard InChI is InChI=1S/C9H16N2/c1-9(2)5-7(9)11-8(10)6-3-4-6/h6-7H,3-5H2,1-2H3,(H2,10,11). The summed E-state index contributed by atoms with van der Waals surface area (Å²) in [6, 6.07) is 0.531. The molecule has 0 saturated heterocycles. The van der Waals surface area contributed by atoms with Gasteiger partial charge in [0.05, 0.1) is 11.9 Å². The maximum Gasteiger partial charge on any atom is 0.0972 e. The van der Waals surface area contributed by atoms with E-state index in [0.717, 1.165) is 5.84 Å². The van der Waals surface area contributed by atoms with Gasteiger partial charge in [-0.1, -0.05) is 13.8 Å². The first kappa shape index (κ1) is 7.14. The van der Waals surface area contributed by atoms with Gasteiger partial charge in [0.2, 0.25) is 0 Å². The second-order valence-electron chi connectivity index (χ2n) is 4.54. The molecule has 11 heavy (non-hydrogen) atoms. The quantitative estimate of drug-likeness (QED) is 0.473. The van der Waals surface area contributed by atoms with Crippen LogP contribution in [0.4, 0.5) is 0 Å². The Morgan fingerprint density at radius 3 is 2.36 bits per heavy atom. The highest BCUT2D eigenvalue weighted by Gasteiger charge is 2.46. The highest BCUT2D eigenvalue weighted by atomic mass is 15.0. The van der Waals surface area contributed by atoms with Crippen LogP contribution in [0.2, 0.25) is 0 Å². The Labute approximate surface area is 67.9 Å². The fraction of sp³-hybridized carbons (Fsp3) is 0.889. The van der Waals surface area contributed by atoms with Crippen molar-refractivity contribution in [3.8, 4) is 0 Å². The molecular formula is C9H16N2. The monoisotopic (exact) mass is 152 g/mol. The Bertz CT molecular complexity index is 202. The van der Waals surface area contributed by atoms with Crippen LogP contribution >= 0.6 is 0 Å². The van der Waals surface area contributed by atoms with Crippen molar-refractivity contribution < 1.29 is 0 Å². The number of hydrogen-bond acceptors (Lipinski definition) is 1. The summed E-state index contributed by atoms with van der Waals surface area (Å²) in [5, 5.41) is 0. The summed E-state index contributed by atoms with van der Waals surface area (Å²) < 4.78 is 0. The summed E-state index contributed by atoms with van der Waals surface area (Å²) in [7, 11) is 0. The molecule has 0 aromatic rings. The average molecular weight is 152 g/mol. The molecule has 2 aliphatic rings. The molecule has 1 unspecified atom stereocenters. The molecule has 2 rings (SSSR count). The molecule has 2 fully saturated rings. The van der Waals surface area contributed by atoms with Gasteiger partial charge in [0.1, 0.15) is 0 Å². The van der Waals surface area contributed by atoms with Crippen LogP contribution in [0.15, 0.2) is 4.99 Å². The summed E-state index contributed by atoms with van der Waals surface area (Å²) >= 11 is 0. The van der Waals surface area contributed by atoms with Gasteiger partial charge in [-0.05, 0) is 24.7 Å². The number of rotatable bonds is 2. The normalized spacial score (nSPS) is 35.5. The van der Waals surface area contributed by atoms with Gasteiger partial charge in [0.25, 0.3) is 0 Å². The van der Waals surface area contributed by atoms with E-state index in [2.05, 4.69) is 18.8 Å². The third-order valence-electron chi connectivity index (χ3n) is 2.76. The molecular weight excluding hydrogens is 136 g/mol. The minimum Gasteiger partial charge on any atom is -0.387 e. The lowest BCUT2D eigenvalue weighted by molar-refractivity contribution is 0.617. The lowest BCUT2D eigenvalue weighted by atomic mass is 10.2. The Kier molecular flexibility index (Phi) is 1.29. The Hall–Kier alpha value is -0.530. The molecule has 2 aliphatic carbocycles. The Balaban J connectivity index is 1.93. The number of aliphatic imine (C=N–C) groups is 1. The van der Waals surface area contributed by atoms with Crippen LogP contribution in [0.1, 0.15) is 33.1 Å². The lowest BCUT2D eigenvalue weighted by Gasteiger charge is -1.99. The van der Waals surface area contributed by atoms with E-state index in [9.17, 15) is 0 Å². The summed E-state index contributed by atoms with van der Waals surface area (Å²) in [5.41, 5.74) is 6.23. The fourth-order valence-corrected chi connectivity index (χ4v) is 1.32. The van der Waals surface area contributed by atoms with Crippen molar-refractivity contribution in [2.45, 2.75) is 39.2 Å². The van der Waals surface area contributed by atoms with Crippen LogP contribution in [-0.2, 0) is 0 Å². The van der Waals surface area contributed by atoms with E-state index < -0.39 is 0 Å². The van der Waals surface area contributed by atoms with Gasteiger partial charge in [0, 0.05) is 5.92 Å². The van der Waals surface area contributed by atoms with Crippen molar-refractivity contribution in [2.24, 2.45) is 22.1 Å². The number of hydrogen-bond donors (Lipinski definition) is 1. The Morgan fingerprint density at radius 2 is 2.00 bits per heavy atom. The SMILES string of the molecule is CC1(C)CC1N=C(N)C1CC1. The van der Waals surface area contributed by atoms with Crippen molar-refractivity contribution in [3.05, 3.63) is 0 Å². The zero-order chi connectivity index (χ0) is 8.06.